The molecule has 156 valence electrons. The van der Waals surface area contributed by atoms with Crippen LogP contribution in [-0.2, 0) is 14.3 Å². The van der Waals surface area contributed by atoms with Gasteiger partial charge < -0.3 is 14.4 Å². The summed E-state index contributed by atoms with van der Waals surface area (Å²) >= 11 is 0. The van der Waals surface area contributed by atoms with E-state index in [0.29, 0.717) is 54.6 Å². The number of rotatable bonds is 5. The van der Waals surface area contributed by atoms with Crippen LogP contribution in [-0.4, -0.2) is 49.1 Å². The SMILES string of the molecule is CC(C)Oc1ccc(C2=C(N3CCOCC3)C(=O)N(c3ccc(F)cc3)C2=O)cc1. The summed E-state index contributed by atoms with van der Waals surface area (Å²) in [6.45, 7) is 5.87. The average Bonchev–Trinajstić information content (AvgIpc) is 3.00. The molecule has 2 aliphatic heterocycles. The molecular formula is C23H23FN2O4. The summed E-state index contributed by atoms with van der Waals surface area (Å²) in [5.74, 6) is -0.578. The Kier molecular flexibility index (Phi) is 5.55. The van der Waals surface area contributed by atoms with Gasteiger partial charge in [-0.15, -0.1) is 0 Å². The highest BCUT2D eigenvalue weighted by Crippen LogP contribution is 2.35. The van der Waals surface area contributed by atoms with E-state index in [9.17, 15) is 14.0 Å². The predicted octanol–water partition coefficient (Wildman–Crippen LogP) is 3.23. The first-order valence-electron chi connectivity index (χ1n) is 9.94. The summed E-state index contributed by atoms with van der Waals surface area (Å²) in [5.41, 5.74) is 1.66. The van der Waals surface area contributed by atoms with Gasteiger partial charge in [0.1, 0.15) is 17.3 Å². The molecule has 6 nitrogen and oxygen atoms in total. The summed E-state index contributed by atoms with van der Waals surface area (Å²) in [5, 5.41) is 0. The number of carbonyl (C=O) groups excluding carboxylic acids is 2. The lowest BCUT2D eigenvalue weighted by Crippen LogP contribution is -2.40. The molecule has 0 aliphatic carbocycles. The minimum absolute atomic E-state index is 0.0302. The zero-order chi connectivity index (χ0) is 21.3. The van der Waals surface area contributed by atoms with Gasteiger partial charge in [0.15, 0.2) is 0 Å². The Morgan fingerprint density at radius 3 is 2.17 bits per heavy atom. The van der Waals surface area contributed by atoms with Crippen molar-refractivity contribution in [3.8, 4) is 5.75 Å². The van der Waals surface area contributed by atoms with Crippen molar-refractivity contribution in [3.63, 3.8) is 0 Å². The molecular weight excluding hydrogens is 387 g/mol. The number of carbonyl (C=O) groups is 2. The summed E-state index contributed by atoms with van der Waals surface area (Å²) in [4.78, 5) is 29.7. The Bertz CT molecular complexity index is 977. The topological polar surface area (TPSA) is 59.1 Å². The van der Waals surface area contributed by atoms with Crippen molar-refractivity contribution >= 4 is 23.1 Å². The van der Waals surface area contributed by atoms with Gasteiger partial charge in [0, 0.05) is 13.1 Å². The standard InChI is InChI=1S/C23H23FN2O4/c1-15(2)30-19-9-3-16(4-10-19)20-21(25-11-13-29-14-12-25)23(28)26(22(20)27)18-7-5-17(24)6-8-18/h3-10,15H,11-14H2,1-2H3. The van der Waals surface area contributed by atoms with Crippen molar-refractivity contribution in [2.75, 3.05) is 31.2 Å². The number of anilines is 1. The van der Waals surface area contributed by atoms with Crippen LogP contribution in [0.15, 0.2) is 54.2 Å². The molecule has 0 N–H and O–H groups in total. The first kappa shape index (κ1) is 20.1. The number of ether oxygens (including phenoxy) is 2. The minimum Gasteiger partial charge on any atom is -0.491 e. The summed E-state index contributed by atoms with van der Waals surface area (Å²) in [6.07, 6.45) is 0.0302. The van der Waals surface area contributed by atoms with Gasteiger partial charge in [0.25, 0.3) is 11.8 Å². The second-order valence-electron chi connectivity index (χ2n) is 7.44. The van der Waals surface area contributed by atoms with Crippen molar-refractivity contribution in [1.82, 2.24) is 4.90 Å². The highest BCUT2D eigenvalue weighted by molar-refractivity contribution is 6.45. The lowest BCUT2D eigenvalue weighted by molar-refractivity contribution is -0.121. The molecule has 0 saturated carbocycles. The van der Waals surface area contributed by atoms with E-state index in [1.165, 1.54) is 24.3 Å². The third kappa shape index (κ3) is 3.80. The van der Waals surface area contributed by atoms with Gasteiger partial charge in [-0.3, -0.25) is 9.59 Å². The molecule has 0 aromatic heterocycles. The van der Waals surface area contributed by atoms with Gasteiger partial charge >= 0.3 is 0 Å². The lowest BCUT2D eigenvalue weighted by atomic mass is 10.0. The molecule has 0 bridgehead atoms. The van der Waals surface area contributed by atoms with Crippen LogP contribution in [0.4, 0.5) is 10.1 Å². The van der Waals surface area contributed by atoms with Gasteiger partial charge in [0.2, 0.25) is 0 Å². The Morgan fingerprint density at radius 2 is 1.57 bits per heavy atom. The van der Waals surface area contributed by atoms with E-state index in [-0.39, 0.29) is 6.10 Å². The van der Waals surface area contributed by atoms with Crippen LogP contribution in [0.1, 0.15) is 19.4 Å². The zero-order valence-electron chi connectivity index (χ0n) is 16.9. The zero-order valence-corrected chi connectivity index (χ0v) is 16.9. The lowest BCUT2D eigenvalue weighted by Gasteiger charge is -2.29. The third-order valence-electron chi connectivity index (χ3n) is 4.99. The summed E-state index contributed by atoms with van der Waals surface area (Å²) in [7, 11) is 0. The molecule has 2 amide bonds. The Morgan fingerprint density at radius 1 is 0.933 bits per heavy atom. The van der Waals surface area contributed by atoms with E-state index in [0.717, 1.165) is 4.90 Å². The van der Waals surface area contributed by atoms with E-state index in [2.05, 4.69) is 0 Å². The number of morpholine rings is 1. The van der Waals surface area contributed by atoms with Gasteiger partial charge in [0.05, 0.1) is 30.6 Å². The molecule has 7 heteroatoms. The van der Waals surface area contributed by atoms with Gasteiger partial charge in [-0.1, -0.05) is 12.1 Å². The van der Waals surface area contributed by atoms with Crippen LogP contribution in [0.25, 0.3) is 5.57 Å². The third-order valence-corrected chi connectivity index (χ3v) is 4.99. The van der Waals surface area contributed by atoms with Gasteiger partial charge in [-0.2, -0.15) is 0 Å². The van der Waals surface area contributed by atoms with Crippen molar-refractivity contribution in [1.29, 1.82) is 0 Å². The van der Waals surface area contributed by atoms with Gasteiger partial charge in [-0.05, 0) is 55.8 Å². The van der Waals surface area contributed by atoms with E-state index in [1.54, 1.807) is 24.3 Å². The molecule has 0 spiro atoms. The summed E-state index contributed by atoms with van der Waals surface area (Å²) in [6, 6.07) is 12.5. The smallest absolute Gasteiger partial charge is 0.282 e. The molecule has 0 atom stereocenters. The molecule has 0 unspecified atom stereocenters. The molecule has 1 fully saturated rings. The van der Waals surface area contributed by atoms with Crippen molar-refractivity contribution < 1.29 is 23.5 Å². The predicted molar refractivity (Wildman–Crippen MR) is 110 cm³/mol. The number of amides is 2. The van der Waals surface area contributed by atoms with Crippen LogP contribution < -0.4 is 9.64 Å². The van der Waals surface area contributed by atoms with Crippen molar-refractivity contribution in [3.05, 3.63) is 65.6 Å². The van der Waals surface area contributed by atoms with Gasteiger partial charge in [-0.25, -0.2) is 9.29 Å². The van der Waals surface area contributed by atoms with Crippen LogP contribution in [0, 0.1) is 5.82 Å². The Labute approximate surface area is 174 Å². The van der Waals surface area contributed by atoms with Crippen LogP contribution >= 0.6 is 0 Å². The number of imide groups is 1. The number of nitrogens with zero attached hydrogens (tertiary/aromatic N) is 2. The molecule has 0 radical (unpaired) electrons. The van der Waals surface area contributed by atoms with Crippen molar-refractivity contribution in [2.24, 2.45) is 0 Å². The first-order chi connectivity index (χ1) is 14.5. The maximum atomic E-state index is 13.4. The first-order valence-corrected chi connectivity index (χ1v) is 9.94. The molecule has 2 aromatic rings. The number of hydrogen-bond acceptors (Lipinski definition) is 5. The van der Waals surface area contributed by atoms with E-state index >= 15 is 0 Å². The molecule has 1 saturated heterocycles. The fourth-order valence-corrected chi connectivity index (χ4v) is 3.66. The number of halogens is 1. The molecule has 2 aromatic carbocycles. The van der Waals surface area contributed by atoms with Crippen LogP contribution in [0.2, 0.25) is 0 Å². The fourth-order valence-electron chi connectivity index (χ4n) is 3.66. The number of hydrogen-bond donors (Lipinski definition) is 0. The minimum atomic E-state index is -0.430. The summed E-state index contributed by atoms with van der Waals surface area (Å²) < 4.78 is 24.5. The van der Waals surface area contributed by atoms with E-state index in [4.69, 9.17) is 9.47 Å². The quantitative estimate of drug-likeness (QED) is 0.709. The molecule has 4 rings (SSSR count). The monoisotopic (exact) mass is 410 g/mol. The fraction of sp³-hybridized carbons (Fsp3) is 0.304. The molecule has 2 aliphatic rings. The average molecular weight is 410 g/mol. The highest BCUT2D eigenvalue weighted by Gasteiger charge is 2.42. The normalized spacial score (nSPS) is 17.3. The molecule has 2 heterocycles. The van der Waals surface area contributed by atoms with E-state index < -0.39 is 17.6 Å². The van der Waals surface area contributed by atoms with Crippen LogP contribution in [0.5, 0.6) is 5.75 Å². The number of benzene rings is 2. The maximum Gasteiger partial charge on any atom is 0.282 e. The maximum absolute atomic E-state index is 13.4. The largest absolute Gasteiger partial charge is 0.491 e. The second kappa shape index (κ2) is 8.28. The van der Waals surface area contributed by atoms with Crippen molar-refractivity contribution in [2.45, 2.75) is 20.0 Å². The van der Waals surface area contributed by atoms with Crippen LogP contribution in [0.3, 0.4) is 0 Å². The Balaban J connectivity index is 1.76. The van der Waals surface area contributed by atoms with E-state index in [1.807, 2.05) is 18.7 Å². The second-order valence-corrected chi connectivity index (χ2v) is 7.44. The highest BCUT2D eigenvalue weighted by atomic mass is 19.1. The Hall–Kier alpha value is -3.19. The molecule has 30 heavy (non-hydrogen) atoms.